The molecule has 0 fully saturated rings. The number of ether oxygens (including phenoxy) is 1. The molecule has 0 saturated carbocycles. The zero-order chi connectivity index (χ0) is 13.9. The summed E-state index contributed by atoms with van der Waals surface area (Å²) in [5.74, 6) is 0.516. The van der Waals surface area contributed by atoms with Crippen molar-refractivity contribution < 1.29 is 9.53 Å². The molecule has 104 valence electrons. The maximum Gasteiger partial charge on any atom is 0.306 e. The van der Waals surface area contributed by atoms with Gasteiger partial charge in [0.05, 0.1) is 0 Å². The van der Waals surface area contributed by atoms with Gasteiger partial charge in [-0.15, -0.1) is 0 Å². The molecule has 2 atom stereocenters. The van der Waals surface area contributed by atoms with Crippen LogP contribution in [0.25, 0.3) is 0 Å². The number of carbonyl (C=O) groups is 1. The van der Waals surface area contributed by atoms with Crippen LogP contribution in [-0.2, 0) is 9.53 Å². The quantitative estimate of drug-likeness (QED) is 0.544. The Hall–Kier alpha value is -0.790. The first kappa shape index (κ1) is 15.3. The molecule has 0 saturated heterocycles. The predicted octanol–water partition coefficient (Wildman–Crippen LogP) is 4.49. The Morgan fingerprint density at radius 1 is 1.33 bits per heavy atom. The van der Waals surface area contributed by atoms with Gasteiger partial charge in [-0.25, -0.2) is 0 Å². The van der Waals surface area contributed by atoms with E-state index in [2.05, 4.69) is 41.5 Å². The lowest BCUT2D eigenvalue weighted by Crippen LogP contribution is -2.36. The summed E-state index contributed by atoms with van der Waals surface area (Å²) in [5.41, 5.74) is 2.85. The Morgan fingerprint density at radius 2 is 1.94 bits per heavy atom. The molecule has 18 heavy (non-hydrogen) atoms. The molecular weight excluding hydrogens is 224 g/mol. The van der Waals surface area contributed by atoms with Crippen molar-refractivity contribution in [2.75, 3.05) is 0 Å². The van der Waals surface area contributed by atoms with Crippen LogP contribution in [0.5, 0.6) is 0 Å². The largest absolute Gasteiger partial charge is 0.458 e. The predicted molar refractivity (Wildman–Crippen MR) is 75.3 cm³/mol. The summed E-state index contributed by atoms with van der Waals surface area (Å²) in [6, 6.07) is 0. The summed E-state index contributed by atoms with van der Waals surface area (Å²) in [7, 11) is 0. The number of hydrogen-bond acceptors (Lipinski definition) is 2. The van der Waals surface area contributed by atoms with Gasteiger partial charge in [0.25, 0.3) is 0 Å². The number of unbranched alkanes of at least 4 members (excludes halogenated alkanes) is 1. The Labute approximate surface area is 112 Å². The summed E-state index contributed by atoms with van der Waals surface area (Å²) in [5, 5.41) is 0. The highest BCUT2D eigenvalue weighted by Gasteiger charge is 2.38. The molecule has 0 amide bonds. The first-order chi connectivity index (χ1) is 8.29. The molecule has 0 unspecified atom stereocenters. The molecule has 0 radical (unpaired) electrons. The molecule has 0 aliphatic heterocycles. The van der Waals surface area contributed by atoms with Gasteiger partial charge in [0.2, 0.25) is 0 Å². The normalized spacial score (nSPS) is 27.2. The molecule has 0 bridgehead atoms. The molecule has 2 heteroatoms. The van der Waals surface area contributed by atoms with Gasteiger partial charge in [0.15, 0.2) is 0 Å². The molecule has 1 aliphatic rings. The van der Waals surface area contributed by atoms with E-state index in [1.54, 1.807) is 0 Å². The second kappa shape index (κ2) is 5.90. The molecule has 0 aromatic rings. The third-order valence-corrected chi connectivity index (χ3v) is 4.65. The minimum Gasteiger partial charge on any atom is -0.458 e. The number of allylic oxidation sites excluding steroid dienone is 1. The number of carbonyl (C=O) groups excluding carboxylic acids is 1. The van der Waals surface area contributed by atoms with Crippen molar-refractivity contribution in [3.8, 4) is 0 Å². The zero-order valence-electron chi connectivity index (χ0n) is 12.8. The van der Waals surface area contributed by atoms with Crippen LogP contribution >= 0.6 is 0 Å². The topological polar surface area (TPSA) is 26.3 Å². The molecule has 0 aromatic carbocycles. The van der Waals surface area contributed by atoms with Gasteiger partial charge in [0, 0.05) is 6.42 Å². The minimum absolute atomic E-state index is 0.0134. The average molecular weight is 252 g/mol. The molecular formula is C16H28O2. The van der Waals surface area contributed by atoms with E-state index < -0.39 is 0 Å². The van der Waals surface area contributed by atoms with Crippen LogP contribution < -0.4 is 0 Å². The van der Waals surface area contributed by atoms with Gasteiger partial charge >= 0.3 is 5.97 Å². The van der Waals surface area contributed by atoms with Crippen molar-refractivity contribution in [3.63, 3.8) is 0 Å². The monoisotopic (exact) mass is 252 g/mol. The summed E-state index contributed by atoms with van der Waals surface area (Å²) in [6.45, 7) is 13.2. The first-order valence-electron chi connectivity index (χ1n) is 7.16. The third kappa shape index (κ3) is 3.37. The standard InChI is InChI=1S/C16H28O2/c1-7-8-9-15(17)18-14-10-16(5,6)13(4)11(2)12(14)3/h13-14H,7-10H2,1-6H3/t13-,14+/m0/s1. The van der Waals surface area contributed by atoms with Gasteiger partial charge in [-0.05, 0) is 43.6 Å². The summed E-state index contributed by atoms with van der Waals surface area (Å²) >= 11 is 0. The van der Waals surface area contributed by atoms with Crippen molar-refractivity contribution >= 4 is 5.97 Å². The first-order valence-corrected chi connectivity index (χ1v) is 7.16. The van der Waals surface area contributed by atoms with Gasteiger partial charge in [-0.2, -0.15) is 0 Å². The van der Waals surface area contributed by atoms with E-state index in [9.17, 15) is 4.79 Å². The summed E-state index contributed by atoms with van der Waals surface area (Å²) in [4.78, 5) is 11.8. The molecule has 0 heterocycles. The maximum atomic E-state index is 11.8. The number of esters is 1. The smallest absolute Gasteiger partial charge is 0.306 e. The average Bonchev–Trinajstić information content (AvgIpc) is 2.30. The second-order valence-electron chi connectivity index (χ2n) is 6.36. The lowest BCUT2D eigenvalue weighted by Gasteiger charge is -2.41. The van der Waals surface area contributed by atoms with E-state index in [0.29, 0.717) is 12.3 Å². The fourth-order valence-electron chi connectivity index (χ4n) is 2.66. The van der Waals surface area contributed by atoms with E-state index in [-0.39, 0.29) is 17.5 Å². The highest BCUT2D eigenvalue weighted by Crippen LogP contribution is 2.44. The Kier molecular flexibility index (Phi) is 5.01. The fourth-order valence-corrected chi connectivity index (χ4v) is 2.66. The SMILES string of the molecule is CCCCC(=O)O[C@@H]1CC(C)(C)[C@@H](C)C(C)=C1C. The molecule has 0 N–H and O–H groups in total. The van der Waals surface area contributed by atoms with Gasteiger partial charge in [-0.3, -0.25) is 4.79 Å². The van der Waals surface area contributed by atoms with E-state index in [4.69, 9.17) is 4.74 Å². The van der Waals surface area contributed by atoms with Crippen molar-refractivity contribution in [2.45, 2.75) is 73.3 Å². The Balaban J connectivity index is 2.75. The lowest BCUT2D eigenvalue weighted by molar-refractivity contribution is -0.149. The highest BCUT2D eigenvalue weighted by molar-refractivity contribution is 5.69. The van der Waals surface area contributed by atoms with Gasteiger partial charge < -0.3 is 4.74 Å². The van der Waals surface area contributed by atoms with Crippen LogP contribution in [0.15, 0.2) is 11.1 Å². The highest BCUT2D eigenvalue weighted by atomic mass is 16.5. The van der Waals surface area contributed by atoms with Crippen LogP contribution in [0.2, 0.25) is 0 Å². The molecule has 2 nitrogen and oxygen atoms in total. The lowest BCUT2D eigenvalue weighted by atomic mass is 9.66. The maximum absolute atomic E-state index is 11.8. The van der Waals surface area contributed by atoms with E-state index in [1.807, 2.05) is 0 Å². The number of hydrogen-bond donors (Lipinski definition) is 0. The molecule has 0 spiro atoms. The van der Waals surface area contributed by atoms with E-state index in [1.165, 1.54) is 11.1 Å². The van der Waals surface area contributed by atoms with Gasteiger partial charge in [0.1, 0.15) is 6.10 Å². The molecule has 1 rings (SSSR count). The third-order valence-electron chi connectivity index (χ3n) is 4.65. The minimum atomic E-state index is -0.0423. The zero-order valence-corrected chi connectivity index (χ0v) is 12.8. The Morgan fingerprint density at radius 3 is 2.50 bits per heavy atom. The molecule has 1 aliphatic carbocycles. The van der Waals surface area contributed by atoms with Crippen molar-refractivity contribution in [3.05, 3.63) is 11.1 Å². The van der Waals surface area contributed by atoms with Crippen LogP contribution in [0.1, 0.15) is 67.2 Å². The van der Waals surface area contributed by atoms with Crippen LogP contribution in [0, 0.1) is 11.3 Å². The molecule has 0 aromatic heterocycles. The van der Waals surface area contributed by atoms with E-state index >= 15 is 0 Å². The van der Waals surface area contributed by atoms with Crippen LogP contribution in [0.3, 0.4) is 0 Å². The van der Waals surface area contributed by atoms with Crippen molar-refractivity contribution in [1.29, 1.82) is 0 Å². The summed E-state index contributed by atoms with van der Waals surface area (Å²) < 4.78 is 5.66. The van der Waals surface area contributed by atoms with Crippen LogP contribution in [0.4, 0.5) is 0 Å². The Bertz CT molecular complexity index is 339. The van der Waals surface area contributed by atoms with Crippen LogP contribution in [-0.4, -0.2) is 12.1 Å². The fraction of sp³-hybridized carbons (Fsp3) is 0.812. The second-order valence-corrected chi connectivity index (χ2v) is 6.36. The van der Waals surface area contributed by atoms with Crippen molar-refractivity contribution in [2.24, 2.45) is 11.3 Å². The number of rotatable bonds is 4. The summed E-state index contributed by atoms with van der Waals surface area (Å²) in [6.07, 6.45) is 3.44. The van der Waals surface area contributed by atoms with Gasteiger partial charge in [-0.1, -0.05) is 39.7 Å². The van der Waals surface area contributed by atoms with E-state index in [0.717, 1.165) is 19.3 Å². The van der Waals surface area contributed by atoms with Crippen molar-refractivity contribution in [1.82, 2.24) is 0 Å².